The summed E-state index contributed by atoms with van der Waals surface area (Å²) in [5.74, 6) is 2.21. The third-order valence-corrected chi connectivity index (χ3v) is 3.64. The highest BCUT2D eigenvalue weighted by molar-refractivity contribution is 6.53. The molecular formula is C17H18BN2+. The summed E-state index contributed by atoms with van der Waals surface area (Å²) in [5.41, 5.74) is 2.51. The lowest BCUT2D eigenvalue weighted by Gasteiger charge is -2.19. The van der Waals surface area contributed by atoms with Crippen molar-refractivity contribution in [2.24, 2.45) is 0 Å². The van der Waals surface area contributed by atoms with E-state index >= 15 is 0 Å². The molecular weight excluding hydrogens is 243 g/mol. The maximum absolute atomic E-state index is 2.31. The Labute approximate surface area is 120 Å². The lowest BCUT2D eigenvalue weighted by Crippen LogP contribution is -2.59. The van der Waals surface area contributed by atoms with Crippen LogP contribution in [0.4, 0.5) is 0 Å². The Morgan fingerprint density at radius 3 is 2.35 bits per heavy atom. The van der Waals surface area contributed by atoms with E-state index in [1.807, 2.05) is 6.07 Å². The Balaban J connectivity index is 1.86. The quantitative estimate of drug-likeness (QED) is 0.770. The van der Waals surface area contributed by atoms with Crippen LogP contribution in [0, 0.1) is 0 Å². The number of nitrogens with zero attached hydrogens (tertiary/aromatic N) is 2. The highest BCUT2D eigenvalue weighted by atomic mass is 15.1. The lowest BCUT2D eigenvalue weighted by molar-refractivity contribution is -0.542. The summed E-state index contributed by atoms with van der Waals surface area (Å²) in [5, 5.41) is 0. The molecule has 98 valence electrons. The van der Waals surface area contributed by atoms with Gasteiger partial charge in [-0.2, -0.15) is 0 Å². The minimum absolute atomic E-state index is 0.273. The van der Waals surface area contributed by atoms with Crippen LogP contribution in [0.3, 0.4) is 0 Å². The summed E-state index contributed by atoms with van der Waals surface area (Å²) in [4.78, 5) is 2.31. The van der Waals surface area contributed by atoms with Crippen LogP contribution in [-0.4, -0.2) is 18.3 Å². The molecule has 0 amide bonds. The van der Waals surface area contributed by atoms with Crippen LogP contribution in [0.15, 0.2) is 79.2 Å². The molecule has 0 spiro atoms. The molecule has 3 heteroatoms. The van der Waals surface area contributed by atoms with Crippen molar-refractivity contribution in [3.8, 4) is 11.1 Å². The molecule has 1 aliphatic heterocycles. The molecule has 0 bridgehead atoms. The molecule has 3 rings (SSSR count). The lowest BCUT2D eigenvalue weighted by atomic mass is 9.71. The minimum Gasteiger partial charge on any atom is -0.353 e. The first-order valence-corrected chi connectivity index (χ1v) is 7.05. The van der Waals surface area contributed by atoms with Crippen molar-refractivity contribution >= 4 is 6.98 Å². The summed E-state index contributed by atoms with van der Waals surface area (Å²) in [6, 6.07) is 14.8. The van der Waals surface area contributed by atoms with Crippen LogP contribution in [-0.2, 0) is 0 Å². The van der Waals surface area contributed by atoms with Crippen molar-refractivity contribution < 1.29 is 4.48 Å². The number of rotatable bonds is 3. The van der Waals surface area contributed by atoms with Gasteiger partial charge in [0.2, 0.25) is 0 Å². The molecule has 0 fully saturated rings. The second-order valence-corrected chi connectivity index (χ2v) is 4.87. The van der Waals surface area contributed by atoms with Crippen molar-refractivity contribution in [1.29, 1.82) is 0 Å². The van der Waals surface area contributed by atoms with Gasteiger partial charge in [0.15, 0.2) is 0 Å². The first kappa shape index (κ1) is 12.7. The Hall–Kier alpha value is -2.29. The standard InChI is InChI=1S/C17H18BN2/c1-2-19-13-7-6-12-18(19)20-14-10-17(11-15-20)16-8-4-3-5-9-16/h3-15H,2H2,1H3/q+1. The maximum atomic E-state index is 2.31. The zero-order valence-electron chi connectivity index (χ0n) is 11.7. The Morgan fingerprint density at radius 1 is 0.950 bits per heavy atom. The number of hydrogen-bond donors (Lipinski definition) is 0. The van der Waals surface area contributed by atoms with Crippen molar-refractivity contribution in [2.45, 2.75) is 6.92 Å². The number of aromatic nitrogens is 1. The van der Waals surface area contributed by atoms with Crippen molar-refractivity contribution in [3.05, 3.63) is 79.2 Å². The van der Waals surface area contributed by atoms with Gasteiger partial charge in [-0.3, -0.25) is 4.48 Å². The number of allylic oxidation sites excluding steroid dienone is 2. The normalized spacial score (nSPS) is 13.8. The Morgan fingerprint density at radius 2 is 1.65 bits per heavy atom. The van der Waals surface area contributed by atoms with Crippen molar-refractivity contribution in [1.82, 2.24) is 4.81 Å². The van der Waals surface area contributed by atoms with Crippen molar-refractivity contribution in [2.75, 3.05) is 6.54 Å². The number of hydrogen-bond acceptors (Lipinski definition) is 1. The molecule has 0 aliphatic carbocycles. The molecule has 2 aromatic rings. The van der Waals surface area contributed by atoms with E-state index in [-0.39, 0.29) is 6.98 Å². The summed E-state index contributed by atoms with van der Waals surface area (Å²) >= 11 is 0. The molecule has 1 aromatic carbocycles. The van der Waals surface area contributed by atoms with Gasteiger partial charge >= 0.3 is 6.98 Å². The van der Waals surface area contributed by atoms with Gasteiger partial charge in [0, 0.05) is 18.7 Å². The van der Waals surface area contributed by atoms with E-state index in [1.165, 1.54) is 11.1 Å². The topological polar surface area (TPSA) is 7.12 Å². The monoisotopic (exact) mass is 261 g/mol. The molecule has 0 N–H and O–H groups in total. The largest absolute Gasteiger partial charge is 0.644 e. The average molecular weight is 261 g/mol. The molecule has 0 saturated carbocycles. The van der Waals surface area contributed by atoms with E-state index < -0.39 is 0 Å². The third kappa shape index (κ3) is 2.52. The highest BCUT2D eigenvalue weighted by Gasteiger charge is 2.32. The van der Waals surface area contributed by atoms with E-state index in [1.54, 1.807) is 0 Å². The summed E-state index contributed by atoms with van der Waals surface area (Å²) < 4.78 is 2.23. The summed E-state index contributed by atoms with van der Waals surface area (Å²) in [6.07, 6.45) is 10.6. The molecule has 2 heterocycles. The smallest absolute Gasteiger partial charge is 0.353 e. The first-order valence-electron chi connectivity index (χ1n) is 7.05. The highest BCUT2D eigenvalue weighted by Crippen LogP contribution is 2.16. The zero-order chi connectivity index (χ0) is 13.8. The van der Waals surface area contributed by atoms with E-state index in [4.69, 9.17) is 0 Å². The van der Waals surface area contributed by atoms with Gasteiger partial charge in [0.05, 0.1) is 0 Å². The number of pyridine rings is 1. The molecule has 1 aromatic heterocycles. The van der Waals surface area contributed by atoms with E-state index in [0.29, 0.717) is 0 Å². The van der Waals surface area contributed by atoms with E-state index in [2.05, 4.69) is 89.3 Å². The summed E-state index contributed by atoms with van der Waals surface area (Å²) in [6.45, 7) is 3.45. The van der Waals surface area contributed by atoms with Crippen LogP contribution in [0.2, 0.25) is 0 Å². The fourth-order valence-corrected chi connectivity index (χ4v) is 2.52. The van der Waals surface area contributed by atoms with Gasteiger partial charge in [0.1, 0.15) is 12.4 Å². The molecule has 1 aliphatic rings. The van der Waals surface area contributed by atoms with Crippen LogP contribution < -0.4 is 4.48 Å². The van der Waals surface area contributed by atoms with Crippen LogP contribution in [0.5, 0.6) is 0 Å². The fraction of sp³-hybridized carbons (Fsp3) is 0.118. The van der Waals surface area contributed by atoms with E-state index in [0.717, 1.165) is 6.54 Å². The van der Waals surface area contributed by atoms with Gasteiger partial charge in [-0.1, -0.05) is 36.4 Å². The number of benzene rings is 1. The first-order chi connectivity index (χ1) is 9.88. The summed E-state index contributed by atoms with van der Waals surface area (Å²) in [7, 11) is 0. The average Bonchev–Trinajstić information content (AvgIpc) is 2.56. The van der Waals surface area contributed by atoms with Gasteiger partial charge < -0.3 is 4.81 Å². The van der Waals surface area contributed by atoms with Crippen LogP contribution >= 0.6 is 0 Å². The molecule has 0 radical (unpaired) electrons. The second kappa shape index (κ2) is 5.78. The SMILES string of the molecule is CCN1C=CC=CB1[n+]1ccc(-c2ccccc2)cc1. The predicted octanol–water partition coefficient (Wildman–Crippen LogP) is 2.92. The Bertz CT molecular complexity index is 617. The predicted molar refractivity (Wildman–Crippen MR) is 83.9 cm³/mol. The van der Waals surface area contributed by atoms with Gasteiger partial charge in [-0.15, -0.1) is 0 Å². The third-order valence-electron chi connectivity index (χ3n) is 3.64. The maximum Gasteiger partial charge on any atom is 0.644 e. The second-order valence-electron chi connectivity index (χ2n) is 4.87. The minimum atomic E-state index is 0.273. The van der Waals surface area contributed by atoms with Gasteiger partial charge in [-0.25, -0.2) is 0 Å². The molecule has 0 unspecified atom stereocenters. The van der Waals surface area contributed by atoms with Crippen LogP contribution in [0.1, 0.15) is 6.92 Å². The Kier molecular flexibility index (Phi) is 3.68. The molecule has 0 atom stereocenters. The van der Waals surface area contributed by atoms with Crippen molar-refractivity contribution in [3.63, 3.8) is 0 Å². The van der Waals surface area contributed by atoms with Crippen LogP contribution in [0.25, 0.3) is 11.1 Å². The molecule has 2 nitrogen and oxygen atoms in total. The molecule has 0 saturated heterocycles. The fourth-order valence-electron chi connectivity index (χ4n) is 2.52. The molecule has 20 heavy (non-hydrogen) atoms. The van der Waals surface area contributed by atoms with Gasteiger partial charge in [0.25, 0.3) is 0 Å². The van der Waals surface area contributed by atoms with Gasteiger partial charge in [-0.05, 0) is 36.3 Å². The van der Waals surface area contributed by atoms with E-state index in [9.17, 15) is 0 Å². The zero-order valence-corrected chi connectivity index (χ0v) is 11.7.